The van der Waals surface area contributed by atoms with Crippen LogP contribution in [0.25, 0.3) is 0 Å². The first-order valence-electron chi connectivity index (χ1n) is 7.41. The fraction of sp³-hybridized carbons (Fsp3) is 0.529. The van der Waals surface area contributed by atoms with Crippen LogP contribution in [0.3, 0.4) is 0 Å². The summed E-state index contributed by atoms with van der Waals surface area (Å²) in [6.45, 7) is 1.79. The predicted octanol–water partition coefficient (Wildman–Crippen LogP) is 3.92. The topological polar surface area (TPSA) is 43.4 Å². The fourth-order valence-corrected chi connectivity index (χ4v) is 3.11. The third-order valence-corrected chi connectivity index (χ3v) is 4.63. The highest BCUT2D eigenvalue weighted by atomic mass is 35.5. The van der Waals surface area contributed by atoms with Crippen LogP contribution in [0.5, 0.6) is 0 Å². The number of esters is 1. The fourth-order valence-electron chi connectivity index (χ4n) is 2.85. The molecule has 1 aliphatic rings. The molecule has 2 rings (SSSR count). The molecule has 3 nitrogen and oxygen atoms in total. The van der Waals surface area contributed by atoms with Gasteiger partial charge in [-0.15, -0.1) is 0 Å². The van der Waals surface area contributed by atoms with Crippen molar-refractivity contribution in [2.75, 3.05) is 7.11 Å². The lowest BCUT2D eigenvalue weighted by Crippen LogP contribution is -2.21. The van der Waals surface area contributed by atoms with E-state index in [4.69, 9.17) is 16.3 Å². The molecule has 4 heteroatoms. The zero-order chi connectivity index (χ0) is 15.4. The van der Waals surface area contributed by atoms with Crippen LogP contribution in [0.15, 0.2) is 18.2 Å². The molecule has 2 unspecified atom stereocenters. The highest BCUT2D eigenvalue weighted by Gasteiger charge is 2.23. The van der Waals surface area contributed by atoms with Gasteiger partial charge in [0, 0.05) is 17.4 Å². The number of hydrogen-bond donors (Lipinski definition) is 0. The molecule has 1 fully saturated rings. The second-order valence-corrected chi connectivity index (χ2v) is 6.12. The van der Waals surface area contributed by atoms with Crippen LogP contribution in [-0.4, -0.2) is 18.9 Å². The zero-order valence-electron chi connectivity index (χ0n) is 12.5. The number of rotatable bonds is 4. The Morgan fingerprint density at radius 1 is 1.43 bits per heavy atom. The van der Waals surface area contributed by atoms with Gasteiger partial charge in [-0.1, -0.05) is 30.2 Å². The number of methoxy groups -OCH3 is 1. The first-order chi connectivity index (χ1) is 10.0. The Balaban J connectivity index is 2.12. The van der Waals surface area contributed by atoms with Crippen LogP contribution in [-0.2, 0) is 20.7 Å². The number of benzene rings is 1. The quantitative estimate of drug-likeness (QED) is 0.792. The Kier molecular flexibility index (Phi) is 5.40. The smallest absolute Gasteiger partial charge is 0.312 e. The third-order valence-electron chi connectivity index (χ3n) is 4.28. The number of carbonyl (C=O) groups excluding carboxylic acids is 2. The van der Waals surface area contributed by atoms with E-state index in [9.17, 15) is 9.59 Å². The van der Waals surface area contributed by atoms with Gasteiger partial charge < -0.3 is 4.74 Å². The molecule has 1 saturated carbocycles. The van der Waals surface area contributed by atoms with E-state index in [-0.39, 0.29) is 17.8 Å². The van der Waals surface area contributed by atoms with Crippen molar-refractivity contribution in [2.24, 2.45) is 5.92 Å². The van der Waals surface area contributed by atoms with Crippen molar-refractivity contribution in [3.63, 3.8) is 0 Å². The maximum Gasteiger partial charge on any atom is 0.312 e. The monoisotopic (exact) mass is 308 g/mol. The van der Waals surface area contributed by atoms with Gasteiger partial charge in [0.15, 0.2) is 0 Å². The Morgan fingerprint density at radius 2 is 2.19 bits per heavy atom. The molecule has 0 aromatic heterocycles. The van der Waals surface area contributed by atoms with Gasteiger partial charge in [-0.3, -0.25) is 9.59 Å². The molecule has 21 heavy (non-hydrogen) atoms. The average Bonchev–Trinajstić information content (AvgIpc) is 2.49. The molecule has 114 valence electrons. The van der Waals surface area contributed by atoms with Crippen molar-refractivity contribution >= 4 is 23.4 Å². The number of Topliss-reactive ketones (excluding diaryl/α,β-unsaturated/α-hetero) is 1. The lowest BCUT2D eigenvalue weighted by Gasteiger charge is -2.21. The number of halogens is 1. The SMILES string of the molecule is COC(=O)C(C)c1ccc(CC2CCCCC2=O)c(Cl)c1. The lowest BCUT2D eigenvalue weighted by molar-refractivity contribution is -0.142. The number of carbonyl (C=O) groups is 2. The largest absolute Gasteiger partial charge is 0.469 e. The summed E-state index contributed by atoms with van der Waals surface area (Å²) >= 11 is 6.32. The Morgan fingerprint density at radius 3 is 2.81 bits per heavy atom. The number of ketones is 1. The molecule has 0 amide bonds. The second-order valence-electron chi connectivity index (χ2n) is 5.71. The predicted molar refractivity (Wildman–Crippen MR) is 82.6 cm³/mol. The van der Waals surface area contributed by atoms with Crippen LogP contribution in [0.2, 0.25) is 5.02 Å². The van der Waals surface area contributed by atoms with Crippen LogP contribution >= 0.6 is 11.6 Å². The zero-order valence-corrected chi connectivity index (χ0v) is 13.3. The van der Waals surface area contributed by atoms with Crippen molar-refractivity contribution in [1.82, 2.24) is 0 Å². The summed E-state index contributed by atoms with van der Waals surface area (Å²) in [6, 6.07) is 5.64. The number of hydrogen-bond acceptors (Lipinski definition) is 3. The summed E-state index contributed by atoms with van der Waals surface area (Å²) in [5, 5.41) is 0.627. The van der Waals surface area contributed by atoms with Gasteiger partial charge in [-0.25, -0.2) is 0 Å². The van der Waals surface area contributed by atoms with E-state index in [1.165, 1.54) is 7.11 Å². The molecule has 0 heterocycles. The molecule has 1 aromatic carbocycles. The molecule has 0 spiro atoms. The molecule has 0 bridgehead atoms. The summed E-state index contributed by atoms with van der Waals surface area (Å²) in [4.78, 5) is 23.5. The van der Waals surface area contributed by atoms with Crippen LogP contribution in [0.1, 0.15) is 49.7 Å². The Labute approximate surface area is 130 Å². The van der Waals surface area contributed by atoms with Gasteiger partial charge >= 0.3 is 5.97 Å². The molecule has 0 N–H and O–H groups in total. The van der Waals surface area contributed by atoms with Crippen molar-refractivity contribution in [3.8, 4) is 0 Å². The van der Waals surface area contributed by atoms with Gasteiger partial charge in [0.05, 0.1) is 13.0 Å². The second kappa shape index (κ2) is 7.08. The summed E-state index contributed by atoms with van der Waals surface area (Å²) in [5.41, 5.74) is 1.82. The highest BCUT2D eigenvalue weighted by molar-refractivity contribution is 6.31. The lowest BCUT2D eigenvalue weighted by atomic mass is 9.83. The minimum Gasteiger partial charge on any atom is -0.469 e. The Hall–Kier alpha value is -1.35. The van der Waals surface area contributed by atoms with Gasteiger partial charge in [-0.05, 0) is 43.4 Å². The number of ether oxygens (including phenoxy) is 1. The van der Waals surface area contributed by atoms with Gasteiger partial charge in [0.1, 0.15) is 5.78 Å². The minimum atomic E-state index is -0.335. The van der Waals surface area contributed by atoms with E-state index in [0.717, 1.165) is 30.4 Å². The van der Waals surface area contributed by atoms with E-state index in [1.54, 1.807) is 6.92 Å². The van der Waals surface area contributed by atoms with Crippen LogP contribution in [0, 0.1) is 5.92 Å². The molecular weight excluding hydrogens is 288 g/mol. The van der Waals surface area contributed by atoms with E-state index in [0.29, 0.717) is 23.6 Å². The van der Waals surface area contributed by atoms with Gasteiger partial charge in [0.25, 0.3) is 0 Å². The normalized spacial score (nSPS) is 20.1. The standard InChI is InChI=1S/C17H21ClO3/c1-11(17(20)21-2)12-7-8-13(15(18)10-12)9-14-5-3-4-6-16(14)19/h7-8,10-11,14H,3-6,9H2,1-2H3. The first-order valence-corrected chi connectivity index (χ1v) is 7.79. The molecular formula is C17H21ClO3. The Bertz CT molecular complexity index is 539. The molecule has 0 radical (unpaired) electrons. The molecule has 1 aliphatic carbocycles. The van der Waals surface area contributed by atoms with Crippen molar-refractivity contribution in [3.05, 3.63) is 34.3 Å². The summed E-state index contributed by atoms with van der Waals surface area (Å²) in [6.07, 6.45) is 4.48. The minimum absolute atomic E-state index is 0.0973. The van der Waals surface area contributed by atoms with E-state index >= 15 is 0 Å². The maximum absolute atomic E-state index is 11.9. The molecule has 2 atom stereocenters. The molecule has 1 aromatic rings. The van der Waals surface area contributed by atoms with Crippen LogP contribution in [0.4, 0.5) is 0 Å². The molecule has 0 aliphatic heterocycles. The average molecular weight is 309 g/mol. The van der Waals surface area contributed by atoms with E-state index < -0.39 is 0 Å². The summed E-state index contributed by atoms with van der Waals surface area (Å²) in [7, 11) is 1.38. The van der Waals surface area contributed by atoms with E-state index in [2.05, 4.69) is 0 Å². The first kappa shape index (κ1) is 16.0. The summed E-state index contributed by atoms with van der Waals surface area (Å²) in [5.74, 6) is -0.163. The van der Waals surface area contributed by atoms with Gasteiger partial charge in [-0.2, -0.15) is 0 Å². The van der Waals surface area contributed by atoms with Crippen molar-refractivity contribution in [1.29, 1.82) is 0 Å². The van der Waals surface area contributed by atoms with Crippen LogP contribution < -0.4 is 0 Å². The molecule has 0 saturated heterocycles. The summed E-state index contributed by atoms with van der Waals surface area (Å²) < 4.78 is 4.75. The van der Waals surface area contributed by atoms with E-state index in [1.807, 2.05) is 18.2 Å². The van der Waals surface area contributed by atoms with Gasteiger partial charge in [0.2, 0.25) is 0 Å². The highest BCUT2D eigenvalue weighted by Crippen LogP contribution is 2.29. The van der Waals surface area contributed by atoms with Crippen molar-refractivity contribution < 1.29 is 14.3 Å². The maximum atomic E-state index is 11.9. The third kappa shape index (κ3) is 3.85. The van der Waals surface area contributed by atoms with Crippen molar-refractivity contribution in [2.45, 2.75) is 44.9 Å².